The summed E-state index contributed by atoms with van der Waals surface area (Å²) in [5.74, 6) is 1.12. The number of aromatic hydroxyl groups is 1. The lowest BCUT2D eigenvalue weighted by Gasteiger charge is -2.28. The van der Waals surface area contributed by atoms with Gasteiger partial charge in [-0.1, -0.05) is 41.5 Å². The Morgan fingerprint density at radius 3 is 1.91 bits per heavy atom. The number of fused-ring (bicyclic) bond motifs is 1. The largest absolute Gasteiger partial charge is 0.507 e. The second-order valence-electron chi connectivity index (χ2n) is 9.90. The van der Waals surface area contributed by atoms with Crippen LogP contribution in [-0.4, -0.2) is 29.2 Å². The van der Waals surface area contributed by atoms with E-state index in [2.05, 4.69) is 0 Å². The lowest BCUT2D eigenvalue weighted by molar-refractivity contribution is 0.352. The maximum Gasteiger partial charge on any atom is 0.172 e. The molecule has 0 fully saturated rings. The summed E-state index contributed by atoms with van der Waals surface area (Å²) in [6.07, 6.45) is 1.35. The summed E-state index contributed by atoms with van der Waals surface area (Å²) < 4.78 is 17.6. The number of methoxy groups -OCH3 is 2. The molecule has 7 nitrogen and oxygen atoms in total. The molecule has 0 spiro atoms. The molecule has 2 aromatic carbocycles. The highest BCUT2D eigenvalue weighted by Gasteiger charge is 2.27. The van der Waals surface area contributed by atoms with E-state index in [0.717, 1.165) is 11.1 Å². The number of aliphatic hydroxyl groups excluding tert-OH is 1. The van der Waals surface area contributed by atoms with Gasteiger partial charge >= 0.3 is 0 Å². The molecule has 0 atom stereocenters. The lowest BCUT2D eigenvalue weighted by atomic mass is 9.78. The summed E-state index contributed by atoms with van der Waals surface area (Å²) in [5, 5.41) is 30.9. The molecule has 1 heterocycles. The van der Waals surface area contributed by atoms with E-state index in [4.69, 9.17) is 19.4 Å². The highest BCUT2D eigenvalue weighted by Crippen LogP contribution is 2.41. The number of ether oxygens (including phenoxy) is 2. The van der Waals surface area contributed by atoms with Gasteiger partial charge in [0.05, 0.1) is 25.8 Å². The topological polar surface area (TPSA) is 101 Å². The van der Waals surface area contributed by atoms with Crippen molar-refractivity contribution < 1.29 is 24.2 Å². The van der Waals surface area contributed by atoms with Gasteiger partial charge in [0.2, 0.25) is 0 Å². The molecule has 0 aliphatic rings. The van der Waals surface area contributed by atoms with Crippen LogP contribution in [0.2, 0.25) is 0 Å². The Hall–Kier alpha value is -3.35. The minimum absolute atomic E-state index is 0.0540. The molecule has 3 rings (SSSR count). The first-order valence-electron chi connectivity index (χ1n) is 10.4. The van der Waals surface area contributed by atoms with E-state index in [1.807, 2.05) is 41.5 Å². The average molecular weight is 441 g/mol. The first kappa shape index (κ1) is 23.3. The predicted molar refractivity (Wildman–Crippen MR) is 125 cm³/mol. The third-order valence-corrected chi connectivity index (χ3v) is 5.42. The first-order valence-corrected chi connectivity index (χ1v) is 10.4. The molecule has 0 aliphatic heterocycles. The van der Waals surface area contributed by atoms with Crippen molar-refractivity contribution in [1.82, 2.24) is 4.74 Å². The molecule has 0 aliphatic carbocycles. The van der Waals surface area contributed by atoms with E-state index in [1.165, 1.54) is 25.2 Å². The number of hydrogen-bond acceptors (Lipinski definition) is 6. The van der Waals surface area contributed by atoms with E-state index in [-0.39, 0.29) is 27.8 Å². The highest BCUT2D eigenvalue weighted by molar-refractivity contribution is 5.81. The van der Waals surface area contributed by atoms with Crippen molar-refractivity contribution >= 4 is 22.9 Å². The van der Waals surface area contributed by atoms with E-state index in [9.17, 15) is 10.2 Å². The van der Waals surface area contributed by atoms with E-state index < -0.39 is 0 Å². The number of phenols is 1. The number of phenolic OH excluding ortho intramolecular Hbond substituents is 1. The number of hydrogen-bond donors (Lipinski definition) is 3. The van der Waals surface area contributed by atoms with Gasteiger partial charge < -0.3 is 24.2 Å². The molecule has 3 N–H and O–H groups in total. The van der Waals surface area contributed by atoms with Crippen LogP contribution in [0.3, 0.4) is 0 Å². The van der Waals surface area contributed by atoms with E-state index in [1.54, 1.807) is 24.3 Å². The molecule has 0 saturated heterocycles. The SMILES string of the molecule is COc1cc2on(/C=C(\O)c3cc(C(C)(C)C)c(O)c(C(C)(C)C)c3)c(=N)c2cc1OC. The predicted octanol–water partition coefficient (Wildman–Crippen LogP) is 5.55. The Labute approximate surface area is 188 Å². The maximum atomic E-state index is 11.0. The van der Waals surface area contributed by atoms with Crippen molar-refractivity contribution in [2.24, 2.45) is 0 Å². The lowest BCUT2D eigenvalue weighted by Crippen LogP contribution is -2.18. The summed E-state index contributed by atoms with van der Waals surface area (Å²) in [7, 11) is 3.05. The number of aliphatic hydroxyl groups is 1. The van der Waals surface area contributed by atoms with Crippen molar-refractivity contribution in [2.75, 3.05) is 14.2 Å². The molecule has 0 bridgehead atoms. The van der Waals surface area contributed by atoms with Gasteiger partial charge in [-0.3, -0.25) is 5.41 Å². The van der Waals surface area contributed by atoms with Gasteiger partial charge in [0.15, 0.2) is 22.6 Å². The van der Waals surface area contributed by atoms with Crippen molar-refractivity contribution in [3.63, 3.8) is 0 Å². The number of aromatic nitrogens is 1. The van der Waals surface area contributed by atoms with Crippen LogP contribution in [0, 0.1) is 5.41 Å². The van der Waals surface area contributed by atoms with Crippen LogP contribution in [-0.2, 0) is 10.8 Å². The molecular formula is C25H32N2O5. The first-order chi connectivity index (χ1) is 14.8. The zero-order chi connectivity index (χ0) is 24.0. The number of nitrogens with zero attached hydrogens (tertiary/aromatic N) is 1. The van der Waals surface area contributed by atoms with E-state index >= 15 is 0 Å². The Kier molecular flexibility index (Phi) is 5.80. The van der Waals surface area contributed by atoms with Gasteiger partial charge in [0.1, 0.15) is 11.5 Å². The van der Waals surface area contributed by atoms with Crippen LogP contribution in [0.5, 0.6) is 17.2 Å². The molecule has 0 radical (unpaired) electrons. The summed E-state index contributed by atoms with van der Waals surface area (Å²) in [6, 6.07) is 6.85. The van der Waals surface area contributed by atoms with Crippen molar-refractivity contribution in [3.8, 4) is 17.2 Å². The van der Waals surface area contributed by atoms with Crippen LogP contribution in [0.25, 0.3) is 22.9 Å². The van der Waals surface area contributed by atoms with Gasteiger partial charge in [-0.25, -0.2) is 0 Å². The van der Waals surface area contributed by atoms with Crippen molar-refractivity contribution in [3.05, 3.63) is 46.4 Å². The van der Waals surface area contributed by atoms with Gasteiger partial charge in [-0.05, 0) is 29.0 Å². The third kappa shape index (κ3) is 4.20. The fourth-order valence-corrected chi connectivity index (χ4v) is 3.59. The molecule has 0 amide bonds. The Morgan fingerprint density at radius 1 is 0.938 bits per heavy atom. The maximum absolute atomic E-state index is 11.0. The van der Waals surface area contributed by atoms with Crippen LogP contribution in [0.1, 0.15) is 58.2 Å². The van der Waals surface area contributed by atoms with Crippen LogP contribution < -0.4 is 15.0 Å². The van der Waals surface area contributed by atoms with Crippen LogP contribution in [0.15, 0.2) is 28.8 Å². The number of nitrogens with one attached hydrogen (secondary N) is 1. The summed E-state index contributed by atoms with van der Waals surface area (Å²) in [4.78, 5) is 0. The fourth-order valence-electron chi connectivity index (χ4n) is 3.59. The third-order valence-electron chi connectivity index (χ3n) is 5.42. The standard InChI is InChI=1S/C25H32N2O5/c1-24(2,3)16-9-14(10-17(22(16)29)25(4,5)6)18(28)13-27-23(26)15-11-20(30-7)21(31-8)12-19(15)32-27/h9-13,26,28-29H,1-8H3/b18-13-,26-23?. The van der Waals surface area contributed by atoms with Crippen molar-refractivity contribution in [2.45, 2.75) is 52.4 Å². The Balaban J connectivity index is 2.20. The average Bonchev–Trinajstić information content (AvgIpc) is 2.99. The zero-order valence-electron chi connectivity index (χ0n) is 20.0. The summed E-state index contributed by atoms with van der Waals surface area (Å²) in [6.45, 7) is 12.1. The van der Waals surface area contributed by atoms with Crippen molar-refractivity contribution in [1.29, 1.82) is 5.41 Å². The summed E-state index contributed by atoms with van der Waals surface area (Å²) >= 11 is 0. The van der Waals surface area contributed by atoms with Gasteiger partial charge in [0, 0.05) is 22.8 Å². The molecule has 32 heavy (non-hydrogen) atoms. The Morgan fingerprint density at radius 2 is 1.44 bits per heavy atom. The molecule has 0 unspecified atom stereocenters. The molecular weight excluding hydrogens is 408 g/mol. The number of rotatable bonds is 4. The smallest absolute Gasteiger partial charge is 0.172 e. The van der Waals surface area contributed by atoms with Gasteiger partial charge in [-0.15, -0.1) is 0 Å². The number of benzene rings is 2. The minimum atomic E-state index is -0.333. The zero-order valence-corrected chi connectivity index (χ0v) is 20.0. The highest BCUT2D eigenvalue weighted by atomic mass is 16.5. The summed E-state index contributed by atoms with van der Waals surface area (Å²) in [5.41, 5.74) is 1.80. The fraction of sp³-hybridized carbons (Fsp3) is 0.400. The molecule has 7 heteroatoms. The molecule has 3 aromatic rings. The van der Waals surface area contributed by atoms with Crippen LogP contribution in [0.4, 0.5) is 0 Å². The quantitative estimate of drug-likeness (QED) is 0.462. The minimum Gasteiger partial charge on any atom is -0.507 e. The second-order valence-corrected chi connectivity index (χ2v) is 9.90. The molecule has 1 aromatic heterocycles. The molecule has 0 saturated carbocycles. The van der Waals surface area contributed by atoms with Gasteiger partial charge in [0.25, 0.3) is 0 Å². The van der Waals surface area contributed by atoms with Gasteiger partial charge in [-0.2, -0.15) is 4.74 Å². The Bertz CT molecular complexity index is 1220. The second kappa shape index (κ2) is 7.97. The van der Waals surface area contributed by atoms with E-state index in [0.29, 0.717) is 28.0 Å². The molecule has 172 valence electrons. The monoisotopic (exact) mass is 440 g/mol. The van der Waals surface area contributed by atoms with Crippen LogP contribution >= 0.6 is 0 Å². The normalized spacial score (nSPS) is 12.9.